The van der Waals surface area contributed by atoms with Gasteiger partial charge in [0.05, 0.1) is 6.20 Å². The Balaban J connectivity index is 1.62. The molecule has 0 aliphatic carbocycles. The van der Waals surface area contributed by atoms with Gasteiger partial charge in [-0.05, 0) is 42.5 Å². The van der Waals surface area contributed by atoms with Gasteiger partial charge in [-0.3, -0.25) is 9.78 Å². The highest BCUT2D eigenvalue weighted by Crippen LogP contribution is 2.25. The van der Waals surface area contributed by atoms with E-state index in [2.05, 4.69) is 10.3 Å². The molecule has 0 unspecified atom stereocenters. The average Bonchev–Trinajstić information content (AvgIpc) is 2.67. The standard InChI is InChI=1S/C20H15FN2O4/c21-14-5-3-6-15(11-14)23-19(24)13-26-20(25)17-8-1-2-9-18(17)27-16-7-4-10-22-12-16/h1-12H,13H2,(H,23,24). The largest absolute Gasteiger partial charge is 0.455 e. The zero-order chi connectivity index (χ0) is 19.1. The molecule has 1 heterocycles. The lowest BCUT2D eigenvalue weighted by molar-refractivity contribution is -0.119. The van der Waals surface area contributed by atoms with Crippen LogP contribution in [0.3, 0.4) is 0 Å². The SMILES string of the molecule is O=C(COC(=O)c1ccccc1Oc1cccnc1)Nc1cccc(F)c1. The number of hydrogen-bond acceptors (Lipinski definition) is 5. The fourth-order valence-corrected chi connectivity index (χ4v) is 2.23. The monoisotopic (exact) mass is 366 g/mol. The average molecular weight is 366 g/mol. The third-order valence-electron chi connectivity index (χ3n) is 3.41. The van der Waals surface area contributed by atoms with Crippen LogP contribution in [-0.4, -0.2) is 23.5 Å². The first-order valence-corrected chi connectivity index (χ1v) is 8.01. The summed E-state index contributed by atoms with van der Waals surface area (Å²) in [6.45, 7) is -0.517. The van der Waals surface area contributed by atoms with Gasteiger partial charge in [0, 0.05) is 11.9 Å². The van der Waals surface area contributed by atoms with Gasteiger partial charge >= 0.3 is 5.97 Å². The number of carbonyl (C=O) groups is 2. The molecule has 0 fully saturated rings. The van der Waals surface area contributed by atoms with Gasteiger partial charge in [0.1, 0.15) is 22.9 Å². The van der Waals surface area contributed by atoms with Crippen LogP contribution in [0.5, 0.6) is 11.5 Å². The number of pyridine rings is 1. The molecule has 1 amide bonds. The van der Waals surface area contributed by atoms with Crippen molar-refractivity contribution >= 4 is 17.6 Å². The Bertz CT molecular complexity index is 947. The van der Waals surface area contributed by atoms with Crippen LogP contribution < -0.4 is 10.1 Å². The molecule has 0 radical (unpaired) electrons. The van der Waals surface area contributed by atoms with Crippen LogP contribution >= 0.6 is 0 Å². The topological polar surface area (TPSA) is 77.5 Å². The van der Waals surface area contributed by atoms with Crippen LogP contribution in [-0.2, 0) is 9.53 Å². The number of benzene rings is 2. The minimum absolute atomic E-state index is 0.167. The molecule has 3 aromatic rings. The lowest BCUT2D eigenvalue weighted by atomic mass is 10.2. The number of para-hydroxylation sites is 1. The van der Waals surface area contributed by atoms with Gasteiger partial charge in [-0.15, -0.1) is 0 Å². The molecule has 0 saturated heterocycles. The molecule has 0 atom stereocenters. The van der Waals surface area contributed by atoms with E-state index >= 15 is 0 Å². The quantitative estimate of drug-likeness (QED) is 0.671. The summed E-state index contributed by atoms with van der Waals surface area (Å²) in [4.78, 5) is 28.1. The second-order valence-corrected chi connectivity index (χ2v) is 5.42. The minimum Gasteiger partial charge on any atom is -0.455 e. The van der Waals surface area contributed by atoms with Crippen molar-refractivity contribution in [2.75, 3.05) is 11.9 Å². The molecule has 0 saturated carbocycles. The van der Waals surface area contributed by atoms with Crippen LogP contribution in [0.4, 0.5) is 10.1 Å². The van der Waals surface area contributed by atoms with Crippen molar-refractivity contribution in [2.24, 2.45) is 0 Å². The summed E-state index contributed by atoms with van der Waals surface area (Å²) in [5.41, 5.74) is 0.441. The molecule has 0 bridgehead atoms. The van der Waals surface area contributed by atoms with Crippen molar-refractivity contribution in [3.05, 3.63) is 84.4 Å². The first kappa shape index (κ1) is 18.1. The van der Waals surface area contributed by atoms with Crippen molar-refractivity contribution in [3.63, 3.8) is 0 Å². The molecule has 0 aliphatic rings. The van der Waals surface area contributed by atoms with Gasteiger partial charge in [-0.25, -0.2) is 9.18 Å². The van der Waals surface area contributed by atoms with Crippen molar-refractivity contribution < 1.29 is 23.5 Å². The van der Waals surface area contributed by atoms with Crippen molar-refractivity contribution in [1.82, 2.24) is 4.98 Å². The fraction of sp³-hybridized carbons (Fsp3) is 0.0500. The number of hydrogen-bond donors (Lipinski definition) is 1. The van der Waals surface area contributed by atoms with Crippen LogP contribution in [0.2, 0.25) is 0 Å². The number of ether oxygens (including phenoxy) is 2. The summed E-state index contributed by atoms with van der Waals surface area (Å²) in [7, 11) is 0. The minimum atomic E-state index is -0.719. The van der Waals surface area contributed by atoms with E-state index in [1.165, 1.54) is 30.5 Å². The maximum absolute atomic E-state index is 13.1. The fourth-order valence-electron chi connectivity index (χ4n) is 2.23. The number of rotatable bonds is 6. The Morgan fingerprint density at radius 1 is 1.04 bits per heavy atom. The highest BCUT2D eigenvalue weighted by molar-refractivity contribution is 5.96. The highest BCUT2D eigenvalue weighted by Gasteiger charge is 2.16. The van der Waals surface area contributed by atoms with E-state index in [0.29, 0.717) is 5.75 Å². The molecule has 3 rings (SSSR count). The van der Waals surface area contributed by atoms with E-state index < -0.39 is 24.3 Å². The molecule has 27 heavy (non-hydrogen) atoms. The Labute approximate surface area is 154 Å². The van der Waals surface area contributed by atoms with Crippen LogP contribution in [0.1, 0.15) is 10.4 Å². The summed E-state index contributed by atoms with van der Waals surface area (Å²) in [5, 5.41) is 2.45. The van der Waals surface area contributed by atoms with Crippen LogP contribution in [0, 0.1) is 5.82 Å². The van der Waals surface area contributed by atoms with Crippen LogP contribution in [0.15, 0.2) is 73.1 Å². The van der Waals surface area contributed by atoms with Crippen molar-refractivity contribution in [1.29, 1.82) is 0 Å². The second kappa shape index (κ2) is 8.57. The van der Waals surface area contributed by atoms with E-state index in [0.717, 1.165) is 6.07 Å². The number of halogens is 1. The molecular formula is C20H15FN2O4. The van der Waals surface area contributed by atoms with Gasteiger partial charge in [-0.1, -0.05) is 18.2 Å². The third-order valence-corrected chi connectivity index (χ3v) is 3.41. The number of nitrogens with zero attached hydrogens (tertiary/aromatic N) is 1. The molecule has 136 valence electrons. The lowest BCUT2D eigenvalue weighted by Gasteiger charge is -2.11. The number of amides is 1. The maximum Gasteiger partial charge on any atom is 0.342 e. The molecular weight excluding hydrogens is 351 g/mol. The zero-order valence-electron chi connectivity index (χ0n) is 14.1. The highest BCUT2D eigenvalue weighted by atomic mass is 19.1. The molecule has 7 heteroatoms. The van der Waals surface area contributed by atoms with Crippen molar-refractivity contribution in [2.45, 2.75) is 0 Å². The van der Waals surface area contributed by atoms with Gasteiger partial charge in [-0.2, -0.15) is 0 Å². The normalized spacial score (nSPS) is 10.1. The van der Waals surface area contributed by atoms with Gasteiger partial charge < -0.3 is 14.8 Å². The predicted molar refractivity (Wildman–Crippen MR) is 96.1 cm³/mol. The number of aromatic nitrogens is 1. The molecule has 0 spiro atoms. The smallest absolute Gasteiger partial charge is 0.342 e. The Kier molecular flexibility index (Phi) is 5.73. The second-order valence-electron chi connectivity index (χ2n) is 5.42. The summed E-state index contributed by atoms with van der Waals surface area (Å²) in [6.07, 6.45) is 3.11. The summed E-state index contributed by atoms with van der Waals surface area (Å²) in [6, 6.07) is 15.3. The van der Waals surface area contributed by atoms with E-state index in [4.69, 9.17) is 9.47 Å². The lowest BCUT2D eigenvalue weighted by Crippen LogP contribution is -2.21. The summed E-state index contributed by atoms with van der Waals surface area (Å²) in [5.74, 6) is -1.04. The molecule has 1 N–H and O–H groups in total. The molecule has 1 aromatic heterocycles. The number of nitrogens with one attached hydrogen (secondary N) is 1. The van der Waals surface area contributed by atoms with E-state index in [9.17, 15) is 14.0 Å². The maximum atomic E-state index is 13.1. The zero-order valence-corrected chi connectivity index (χ0v) is 14.1. The van der Waals surface area contributed by atoms with Gasteiger partial charge in [0.2, 0.25) is 0 Å². The number of esters is 1. The summed E-state index contributed by atoms with van der Waals surface area (Å²) >= 11 is 0. The van der Waals surface area contributed by atoms with Gasteiger partial charge in [0.15, 0.2) is 6.61 Å². The Morgan fingerprint density at radius 2 is 1.89 bits per heavy atom. The first-order chi connectivity index (χ1) is 13.1. The predicted octanol–water partition coefficient (Wildman–Crippen LogP) is 3.81. The van der Waals surface area contributed by atoms with E-state index in [-0.39, 0.29) is 17.0 Å². The summed E-state index contributed by atoms with van der Waals surface area (Å²) < 4.78 is 23.8. The molecule has 2 aromatic carbocycles. The number of anilines is 1. The Hall–Kier alpha value is -3.74. The van der Waals surface area contributed by atoms with Crippen molar-refractivity contribution in [3.8, 4) is 11.5 Å². The first-order valence-electron chi connectivity index (χ1n) is 8.01. The third kappa shape index (κ3) is 5.12. The number of carbonyl (C=O) groups excluding carboxylic acids is 2. The molecule has 0 aliphatic heterocycles. The van der Waals surface area contributed by atoms with Crippen LogP contribution in [0.25, 0.3) is 0 Å². The van der Waals surface area contributed by atoms with Gasteiger partial charge in [0.25, 0.3) is 5.91 Å². The van der Waals surface area contributed by atoms with E-state index in [1.807, 2.05) is 0 Å². The van der Waals surface area contributed by atoms with E-state index in [1.54, 1.807) is 36.5 Å². The molecule has 6 nitrogen and oxygen atoms in total. The Morgan fingerprint density at radius 3 is 2.67 bits per heavy atom.